The van der Waals surface area contributed by atoms with Gasteiger partial charge in [0, 0.05) is 17.5 Å². The molecule has 6 nitrogen and oxygen atoms in total. The standard InChI is InChI=1S/C10H11N3.C10H10.C9H12.C8H9N3/c1-9-3-2-4-10(7-9)8-13-6-5-11-12-13;1-2-3-7-10-8-5-4-6-9-10;1-2-6-9-7-4-3-5-8-9;1-7-3-2-4-8(5-7)6-10-11-9/h2-7H,8H2,1H3;1,4-6,8-9H,3,7H2;3-5,7-8H,2,6H2,1H3;2-5H,6H2,1H3. The van der Waals surface area contributed by atoms with Gasteiger partial charge in [0.05, 0.1) is 19.3 Å². The minimum atomic E-state index is 0.443. The molecule has 5 aromatic rings. The number of rotatable bonds is 8. The summed E-state index contributed by atoms with van der Waals surface area (Å²) in [4.78, 5) is 2.69. The Kier molecular flexibility index (Phi) is 17.1. The highest BCUT2D eigenvalue weighted by atomic mass is 15.4. The SMILES string of the molecule is C#CCCc1ccccc1.CCCc1ccccc1.Cc1cccc(CN=[N+]=[N-])c1.Cc1cccc(Cn2ccnn2)c1. The van der Waals surface area contributed by atoms with Crippen molar-refractivity contribution < 1.29 is 0 Å². The van der Waals surface area contributed by atoms with E-state index in [0.717, 1.165) is 24.9 Å². The molecule has 0 unspecified atom stereocenters. The van der Waals surface area contributed by atoms with Gasteiger partial charge in [-0.3, -0.25) is 0 Å². The van der Waals surface area contributed by atoms with E-state index in [9.17, 15) is 0 Å². The van der Waals surface area contributed by atoms with Crippen LogP contribution in [-0.4, -0.2) is 15.0 Å². The molecular weight excluding hydrogens is 528 g/mol. The molecule has 0 amide bonds. The number of nitrogens with zero attached hydrogens (tertiary/aromatic N) is 6. The lowest BCUT2D eigenvalue weighted by molar-refractivity contribution is 0.649. The molecule has 5 rings (SSSR count). The minimum Gasteiger partial charge on any atom is -0.248 e. The fraction of sp³-hybridized carbons (Fsp3) is 0.243. The first-order valence-electron chi connectivity index (χ1n) is 14.5. The van der Waals surface area contributed by atoms with Crippen LogP contribution in [0.25, 0.3) is 10.4 Å². The van der Waals surface area contributed by atoms with Crippen molar-refractivity contribution in [3.8, 4) is 12.3 Å². The molecule has 43 heavy (non-hydrogen) atoms. The monoisotopic (exact) mass is 570 g/mol. The number of benzene rings is 4. The summed E-state index contributed by atoms with van der Waals surface area (Å²) in [7, 11) is 0. The summed E-state index contributed by atoms with van der Waals surface area (Å²) < 4.78 is 1.81. The molecule has 1 heterocycles. The Balaban J connectivity index is 0.000000202. The van der Waals surface area contributed by atoms with Crippen LogP contribution in [0.15, 0.2) is 127 Å². The maximum absolute atomic E-state index is 8.06. The average Bonchev–Trinajstić information content (AvgIpc) is 3.54. The zero-order chi connectivity index (χ0) is 31.0. The second kappa shape index (κ2) is 21.6. The normalized spacial score (nSPS) is 9.35. The summed E-state index contributed by atoms with van der Waals surface area (Å²) in [5.41, 5.74) is 15.6. The van der Waals surface area contributed by atoms with Crippen molar-refractivity contribution in [3.63, 3.8) is 0 Å². The van der Waals surface area contributed by atoms with Gasteiger partial charge in [0.2, 0.25) is 0 Å². The van der Waals surface area contributed by atoms with Crippen LogP contribution in [0.1, 0.15) is 53.1 Å². The van der Waals surface area contributed by atoms with E-state index in [1.54, 1.807) is 6.20 Å². The van der Waals surface area contributed by atoms with Crippen molar-refractivity contribution in [2.45, 2.75) is 59.5 Å². The molecule has 4 aromatic carbocycles. The second-order valence-electron chi connectivity index (χ2n) is 9.89. The molecule has 0 N–H and O–H groups in total. The van der Waals surface area contributed by atoms with E-state index in [1.807, 2.05) is 60.3 Å². The highest BCUT2D eigenvalue weighted by Crippen LogP contribution is 2.06. The van der Waals surface area contributed by atoms with Gasteiger partial charge in [-0.2, -0.15) is 0 Å². The Hall–Kier alpha value is -5.11. The lowest BCUT2D eigenvalue weighted by atomic mass is 10.1. The van der Waals surface area contributed by atoms with Crippen LogP contribution < -0.4 is 0 Å². The molecule has 0 atom stereocenters. The number of hydrogen-bond acceptors (Lipinski definition) is 3. The number of terminal acetylenes is 1. The number of hydrogen-bond donors (Lipinski definition) is 0. The van der Waals surface area contributed by atoms with E-state index < -0.39 is 0 Å². The van der Waals surface area contributed by atoms with Crippen LogP contribution in [0.3, 0.4) is 0 Å². The highest BCUT2D eigenvalue weighted by molar-refractivity contribution is 5.23. The topological polar surface area (TPSA) is 79.5 Å². The van der Waals surface area contributed by atoms with Crippen molar-refractivity contribution in [2.75, 3.05) is 0 Å². The number of aromatic nitrogens is 3. The fourth-order valence-corrected chi connectivity index (χ4v) is 4.03. The summed E-state index contributed by atoms with van der Waals surface area (Å²) in [6.07, 6.45) is 13.0. The minimum absolute atomic E-state index is 0.443. The predicted octanol–water partition coefficient (Wildman–Crippen LogP) is 9.33. The number of aryl methyl sites for hydroxylation is 4. The quantitative estimate of drug-likeness (QED) is 0.0806. The van der Waals surface area contributed by atoms with Crippen molar-refractivity contribution >= 4 is 0 Å². The van der Waals surface area contributed by atoms with Crippen molar-refractivity contribution in [2.24, 2.45) is 5.11 Å². The van der Waals surface area contributed by atoms with Gasteiger partial charge in [0.1, 0.15) is 0 Å². The third-order valence-electron chi connectivity index (χ3n) is 6.08. The third kappa shape index (κ3) is 16.1. The second-order valence-corrected chi connectivity index (χ2v) is 9.89. The van der Waals surface area contributed by atoms with Gasteiger partial charge in [-0.1, -0.05) is 144 Å². The van der Waals surface area contributed by atoms with E-state index >= 15 is 0 Å². The molecule has 1 aromatic heterocycles. The molecule has 0 aliphatic carbocycles. The molecule has 0 radical (unpaired) electrons. The van der Waals surface area contributed by atoms with Gasteiger partial charge in [0.25, 0.3) is 0 Å². The Morgan fingerprint density at radius 3 is 1.84 bits per heavy atom. The number of azide groups is 1. The molecule has 0 fully saturated rings. The molecule has 0 aliphatic heterocycles. The predicted molar refractivity (Wildman–Crippen MR) is 178 cm³/mol. The van der Waals surface area contributed by atoms with Crippen LogP contribution in [0, 0.1) is 26.2 Å². The van der Waals surface area contributed by atoms with E-state index in [2.05, 4.69) is 107 Å². The first-order chi connectivity index (χ1) is 21.0. The molecule has 0 saturated carbocycles. The molecule has 6 heteroatoms. The van der Waals surface area contributed by atoms with Crippen LogP contribution in [0.4, 0.5) is 0 Å². The first-order valence-corrected chi connectivity index (χ1v) is 14.5. The van der Waals surface area contributed by atoms with Crippen molar-refractivity contribution in [3.05, 3.63) is 165 Å². The Labute approximate surface area is 257 Å². The third-order valence-corrected chi connectivity index (χ3v) is 6.08. The lowest BCUT2D eigenvalue weighted by Gasteiger charge is -2.01. The van der Waals surface area contributed by atoms with Gasteiger partial charge < -0.3 is 0 Å². The summed E-state index contributed by atoms with van der Waals surface area (Å²) in [6, 6.07) is 37.2. The average molecular weight is 571 g/mol. The van der Waals surface area contributed by atoms with E-state index in [-0.39, 0.29) is 0 Å². The van der Waals surface area contributed by atoms with Gasteiger partial charge in [0.15, 0.2) is 0 Å². The zero-order valence-electron chi connectivity index (χ0n) is 25.6. The van der Waals surface area contributed by atoms with Gasteiger partial charge in [-0.15, -0.1) is 17.4 Å². The largest absolute Gasteiger partial charge is 0.248 e. The molecule has 220 valence electrons. The smallest absolute Gasteiger partial charge is 0.0693 e. The molecule has 0 bridgehead atoms. The van der Waals surface area contributed by atoms with Crippen LogP contribution in [0.5, 0.6) is 0 Å². The van der Waals surface area contributed by atoms with E-state index in [1.165, 1.54) is 40.7 Å². The molecule has 0 saturated heterocycles. The maximum atomic E-state index is 8.06. The Bertz CT molecular complexity index is 1500. The summed E-state index contributed by atoms with van der Waals surface area (Å²) in [6.45, 7) is 7.54. The molecule has 0 spiro atoms. The van der Waals surface area contributed by atoms with Crippen LogP contribution >= 0.6 is 0 Å². The Morgan fingerprint density at radius 1 is 0.767 bits per heavy atom. The Morgan fingerprint density at radius 2 is 1.33 bits per heavy atom. The van der Waals surface area contributed by atoms with E-state index in [0.29, 0.717) is 6.54 Å². The van der Waals surface area contributed by atoms with Crippen molar-refractivity contribution in [1.29, 1.82) is 0 Å². The van der Waals surface area contributed by atoms with Crippen molar-refractivity contribution in [1.82, 2.24) is 15.0 Å². The van der Waals surface area contributed by atoms with Gasteiger partial charge in [-0.05, 0) is 54.5 Å². The summed E-state index contributed by atoms with van der Waals surface area (Å²) >= 11 is 0. The van der Waals surface area contributed by atoms with Gasteiger partial charge in [-0.25, -0.2) is 4.68 Å². The first kappa shape index (κ1) is 34.1. The van der Waals surface area contributed by atoms with Crippen LogP contribution in [-0.2, 0) is 25.9 Å². The summed E-state index contributed by atoms with van der Waals surface area (Å²) in [5, 5.41) is 11.1. The fourth-order valence-electron chi connectivity index (χ4n) is 4.03. The van der Waals surface area contributed by atoms with Gasteiger partial charge >= 0.3 is 0 Å². The molecule has 0 aliphatic rings. The zero-order valence-corrected chi connectivity index (χ0v) is 25.6. The maximum Gasteiger partial charge on any atom is 0.0693 e. The highest BCUT2D eigenvalue weighted by Gasteiger charge is 1.95. The summed E-state index contributed by atoms with van der Waals surface area (Å²) in [5.74, 6) is 2.62. The van der Waals surface area contributed by atoms with E-state index in [4.69, 9.17) is 12.0 Å². The molecular formula is C37H42N6. The lowest BCUT2D eigenvalue weighted by Crippen LogP contribution is -2.00. The van der Waals surface area contributed by atoms with Crippen LogP contribution in [0.2, 0.25) is 0 Å².